The molecule has 0 amide bonds. The second kappa shape index (κ2) is 3.49. The summed E-state index contributed by atoms with van der Waals surface area (Å²) in [6, 6.07) is 0. The van der Waals surface area contributed by atoms with Crippen molar-refractivity contribution >= 4 is 23.4 Å². The molecule has 0 aliphatic rings. The maximum absolute atomic E-state index is 10.4. The molecular formula is C8H9NO2S. The van der Waals surface area contributed by atoms with E-state index in [1.54, 1.807) is 13.0 Å². The molecule has 1 rings (SSSR count). The molecule has 1 heterocycles. The van der Waals surface area contributed by atoms with Crippen molar-refractivity contribution in [2.45, 2.75) is 13.8 Å². The fraction of sp³-hybridized carbons (Fsp3) is 0.250. The van der Waals surface area contributed by atoms with Gasteiger partial charge in [0.05, 0.1) is 0 Å². The fourth-order valence-corrected chi connectivity index (χ4v) is 1.47. The maximum atomic E-state index is 10.4. The van der Waals surface area contributed by atoms with Crippen molar-refractivity contribution in [3.05, 3.63) is 21.7 Å². The van der Waals surface area contributed by atoms with E-state index >= 15 is 0 Å². The summed E-state index contributed by atoms with van der Waals surface area (Å²) < 4.78 is 0. The standard InChI is InChI=1S/C8H9NO2S/c1-5(8(10)11)3-7-9-6(2)4-12-7/h3-4H,1-2H3,(H,10,11)/b5-3+. The summed E-state index contributed by atoms with van der Waals surface area (Å²) in [7, 11) is 0. The van der Waals surface area contributed by atoms with E-state index in [1.165, 1.54) is 11.3 Å². The molecule has 0 saturated heterocycles. The molecule has 64 valence electrons. The van der Waals surface area contributed by atoms with E-state index < -0.39 is 5.97 Å². The Morgan fingerprint density at radius 1 is 1.75 bits per heavy atom. The molecule has 3 nitrogen and oxygen atoms in total. The molecule has 0 spiro atoms. The van der Waals surface area contributed by atoms with Gasteiger partial charge in [0.1, 0.15) is 5.01 Å². The Kier molecular flexibility index (Phi) is 2.60. The van der Waals surface area contributed by atoms with Gasteiger partial charge in [-0.05, 0) is 19.9 Å². The molecule has 0 radical (unpaired) electrons. The molecule has 0 saturated carbocycles. The van der Waals surface area contributed by atoms with Crippen LogP contribution in [0, 0.1) is 6.92 Å². The van der Waals surface area contributed by atoms with E-state index in [0.717, 1.165) is 10.7 Å². The lowest BCUT2D eigenvalue weighted by atomic mass is 10.3. The Morgan fingerprint density at radius 2 is 2.42 bits per heavy atom. The van der Waals surface area contributed by atoms with E-state index in [1.807, 2.05) is 12.3 Å². The number of carboxylic acids is 1. The largest absolute Gasteiger partial charge is 0.478 e. The van der Waals surface area contributed by atoms with Crippen molar-refractivity contribution in [3.63, 3.8) is 0 Å². The van der Waals surface area contributed by atoms with Gasteiger partial charge in [-0.25, -0.2) is 9.78 Å². The third-order valence-corrected chi connectivity index (χ3v) is 2.22. The van der Waals surface area contributed by atoms with Crippen LogP contribution in [0.3, 0.4) is 0 Å². The van der Waals surface area contributed by atoms with Crippen molar-refractivity contribution in [2.75, 3.05) is 0 Å². The van der Waals surface area contributed by atoms with Crippen LogP contribution in [0.2, 0.25) is 0 Å². The summed E-state index contributed by atoms with van der Waals surface area (Å²) in [6.07, 6.45) is 1.57. The number of thiazole rings is 1. The number of carboxylic acid groups (broad SMARTS) is 1. The van der Waals surface area contributed by atoms with Crippen LogP contribution in [0.1, 0.15) is 17.6 Å². The first-order chi connectivity index (χ1) is 5.59. The second-order valence-electron chi connectivity index (χ2n) is 2.46. The van der Waals surface area contributed by atoms with Crippen LogP contribution in [-0.4, -0.2) is 16.1 Å². The lowest BCUT2D eigenvalue weighted by Crippen LogP contribution is -1.95. The van der Waals surface area contributed by atoms with Crippen molar-refractivity contribution in [1.82, 2.24) is 4.98 Å². The number of aliphatic carboxylic acids is 1. The average Bonchev–Trinajstić information content (AvgIpc) is 2.35. The molecule has 0 aromatic carbocycles. The number of rotatable bonds is 2. The van der Waals surface area contributed by atoms with E-state index in [4.69, 9.17) is 5.11 Å². The van der Waals surface area contributed by atoms with Crippen LogP contribution in [0.5, 0.6) is 0 Å². The Morgan fingerprint density at radius 3 is 2.83 bits per heavy atom. The van der Waals surface area contributed by atoms with Crippen LogP contribution >= 0.6 is 11.3 Å². The topological polar surface area (TPSA) is 50.2 Å². The van der Waals surface area contributed by atoms with E-state index in [9.17, 15) is 4.79 Å². The summed E-state index contributed by atoms with van der Waals surface area (Å²) in [6.45, 7) is 3.43. The molecule has 1 aromatic rings. The fourth-order valence-electron chi connectivity index (χ4n) is 0.685. The molecule has 0 atom stereocenters. The van der Waals surface area contributed by atoms with Gasteiger partial charge in [-0.2, -0.15) is 0 Å². The summed E-state index contributed by atoms with van der Waals surface area (Å²) in [5.74, 6) is -0.900. The van der Waals surface area contributed by atoms with Gasteiger partial charge in [-0.3, -0.25) is 0 Å². The van der Waals surface area contributed by atoms with Crippen molar-refractivity contribution in [3.8, 4) is 0 Å². The number of nitrogens with zero attached hydrogens (tertiary/aromatic N) is 1. The Labute approximate surface area is 74.4 Å². The Bertz CT molecular complexity index is 328. The molecule has 4 heteroatoms. The highest BCUT2D eigenvalue weighted by atomic mass is 32.1. The van der Waals surface area contributed by atoms with E-state index in [-0.39, 0.29) is 0 Å². The monoisotopic (exact) mass is 183 g/mol. The molecule has 12 heavy (non-hydrogen) atoms. The van der Waals surface area contributed by atoms with Crippen molar-refractivity contribution in [1.29, 1.82) is 0 Å². The van der Waals surface area contributed by atoms with Crippen LogP contribution < -0.4 is 0 Å². The minimum Gasteiger partial charge on any atom is -0.478 e. The highest BCUT2D eigenvalue weighted by Gasteiger charge is 2.01. The average molecular weight is 183 g/mol. The van der Waals surface area contributed by atoms with Gasteiger partial charge >= 0.3 is 5.97 Å². The lowest BCUT2D eigenvalue weighted by Gasteiger charge is -1.88. The number of aromatic nitrogens is 1. The summed E-state index contributed by atoms with van der Waals surface area (Å²) in [5.41, 5.74) is 1.23. The predicted molar refractivity (Wildman–Crippen MR) is 48.1 cm³/mol. The summed E-state index contributed by atoms with van der Waals surface area (Å²) >= 11 is 1.44. The van der Waals surface area contributed by atoms with Gasteiger partial charge in [-0.1, -0.05) is 0 Å². The highest BCUT2D eigenvalue weighted by molar-refractivity contribution is 7.10. The number of aryl methyl sites for hydroxylation is 1. The maximum Gasteiger partial charge on any atom is 0.331 e. The van der Waals surface area contributed by atoms with Crippen LogP contribution in [0.25, 0.3) is 6.08 Å². The smallest absolute Gasteiger partial charge is 0.331 e. The number of carbonyl (C=O) groups is 1. The minimum atomic E-state index is -0.900. The van der Waals surface area contributed by atoms with Gasteiger partial charge < -0.3 is 5.11 Å². The third-order valence-electron chi connectivity index (χ3n) is 1.31. The molecule has 0 fully saturated rings. The predicted octanol–water partition coefficient (Wildman–Crippen LogP) is 1.94. The number of hydrogen-bond donors (Lipinski definition) is 1. The van der Waals surface area contributed by atoms with Crippen LogP contribution in [0.15, 0.2) is 11.0 Å². The van der Waals surface area contributed by atoms with Gasteiger partial charge in [0.25, 0.3) is 0 Å². The second-order valence-corrected chi connectivity index (χ2v) is 3.35. The molecular weight excluding hydrogens is 174 g/mol. The van der Waals surface area contributed by atoms with E-state index in [0.29, 0.717) is 5.57 Å². The Balaban J connectivity index is 2.87. The first-order valence-corrected chi connectivity index (χ1v) is 4.31. The molecule has 1 aromatic heterocycles. The summed E-state index contributed by atoms with van der Waals surface area (Å²) in [4.78, 5) is 14.5. The molecule has 0 unspecified atom stereocenters. The highest BCUT2D eigenvalue weighted by Crippen LogP contribution is 2.12. The molecule has 1 N–H and O–H groups in total. The van der Waals surface area contributed by atoms with E-state index in [2.05, 4.69) is 4.98 Å². The first kappa shape index (κ1) is 8.93. The van der Waals surface area contributed by atoms with Gasteiger partial charge in [0.2, 0.25) is 0 Å². The summed E-state index contributed by atoms with van der Waals surface area (Å²) in [5, 5.41) is 11.2. The van der Waals surface area contributed by atoms with Crippen LogP contribution in [0.4, 0.5) is 0 Å². The normalized spacial score (nSPS) is 11.7. The van der Waals surface area contributed by atoms with Gasteiger partial charge in [-0.15, -0.1) is 11.3 Å². The zero-order valence-corrected chi connectivity index (χ0v) is 7.68. The SMILES string of the molecule is C/C(=C\c1nc(C)cs1)C(=O)O. The quantitative estimate of drug-likeness (QED) is 0.713. The van der Waals surface area contributed by atoms with Gasteiger partial charge in [0, 0.05) is 16.6 Å². The Hall–Kier alpha value is -1.16. The minimum absolute atomic E-state index is 0.310. The van der Waals surface area contributed by atoms with Crippen molar-refractivity contribution in [2.24, 2.45) is 0 Å². The molecule has 0 aliphatic heterocycles. The molecule has 0 bridgehead atoms. The molecule has 0 aliphatic carbocycles. The lowest BCUT2D eigenvalue weighted by molar-refractivity contribution is -0.132. The van der Waals surface area contributed by atoms with Crippen LogP contribution in [-0.2, 0) is 4.79 Å². The first-order valence-electron chi connectivity index (χ1n) is 3.43. The third kappa shape index (κ3) is 2.17. The van der Waals surface area contributed by atoms with Gasteiger partial charge in [0.15, 0.2) is 0 Å². The van der Waals surface area contributed by atoms with Crippen molar-refractivity contribution < 1.29 is 9.90 Å². The zero-order chi connectivity index (χ0) is 9.14. The zero-order valence-electron chi connectivity index (χ0n) is 6.87. The number of hydrogen-bond acceptors (Lipinski definition) is 3.